The second kappa shape index (κ2) is 8.97. The molecule has 1 fully saturated rings. The van der Waals surface area contributed by atoms with Crippen LogP contribution in [0.4, 0.5) is 0 Å². The van der Waals surface area contributed by atoms with Crippen molar-refractivity contribution < 1.29 is 4.79 Å². The molecule has 3 nitrogen and oxygen atoms in total. The first kappa shape index (κ1) is 17.9. The van der Waals surface area contributed by atoms with Crippen LogP contribution in [0.3, 0.4) is 0 Å². The Morgan fingerprint density at radius 3 is 2.60 bits per heavy atom. The lowest BCUT2D eigenvalue weighted by molar-refractivity contribution is -0.117. The van der Waals surface area contributed by atoms with Crippen LogP contribution in [0.1, 0.15) is 24.0 Å². The SMILES string of the molecule is O=C(C=Cc1cccc(Br)c1)NC1CCN(Cc2ccccc2)CC1. The zero-order valence-electron chi connectivity index (χ0n) is 14.2. The van der Waals surface area contributed by atoms with E-state index >= 15 is 0 Å². The van der Waals surface area contributed by atoms with E-state index in [2.05, 4.69) is 50.4 Å². The van der Waals surface area contributed by atoms with Crippen LogP contribution in [0, 0.1) is 0 Å². The van der Waals surface area contributed by atoms with E-state index in [0.717, 1.165) is 42.5 Å². The third-order valence-electron chi connectivity index (χ3n) is 4.46. The number of carbonyl (C=O) groups excluding carboxylic acids is 1. The van der Waals surface area contributed by atoms with Gasteiger partial charge < -0.3 is 5.32 Å². The molecule has 0 aromatic heterocycles. The molecule has 0 radical (unpaired) electrons. The minimum absolute atomic E-state index is 0.0125. The van der Waals surface area contributed by atoms with Gasteiger partial charge in [0.15, 0.2) is 0 Å². The van der Waals surface area contributed by atoms with Crippen LogP contribution in [0.5, 0.6) is 0 Å². The average molecular weight is 399 g/mol. The predicted molar refractivity (Wildman–Crippen MR) is 106 cm³/mol. The Kier molecular flexibility index (Phi) is 6.42. The lowest BCUT2D eigenvalue weighted by Crippen LogP contribution is -2.43. The van der Waals surface area contributed by atoms with Crippen molar-refractivity contribution in [1.82, 2.24) is 10.2 Å². The predicted octanol–water partition coefficient (Wildman–Crippen LogP) is 4.24. The third-order valence-corrected chi connectivity index (χ3v) is 4.95. The van der Waals surface area contributed by atoms with E-state index < -0.39 is 0 Å². The molecular formula is C21H23BrN2O. The number of likely N-dealkylation sites (tertiary alicyclic amines) is 1. The maximum atomic E-state index is 12.1. The molecule has 25 heavy (non-hydrogen) atoms. The first-order chi connectivity index (χ1) is 12.2. The summed E-state index contributed by atoms with van der Waals surface area (Å²) in [5.41, 5.74) is 2.36. The molecule has 1 aliphatic rings. The molecule has 0 atom stereocenters. The van der Waals surface area contributed by atoms with Gasteiger partial charge in [-0.25, -0.2) is 0 Å². The number of nitrogens with one attached hydrogen (secondary N) is 1. The summed E-state index contributed by atoms with van der Waals surface area (Å²) in [6.07, 6.45) is 5.48. The average Bonchev–Trinajstić information content (AvgIpc) is 2.63. The molecule has 0 unspecified atom stereocenters. The van der Waals surface area contributed by atoms with Gasteiger partial charge in [-0.15, -0.1) is 0 Å². The monoisotopic (exact) mass is 398 g/mol. The fraction of sp³-hybridized carbons (Fsp3) is 0.286. The minimum atomic E-state index is -0.0125. The highest BCUT2D eigenvalue weighted by Gasteiger charge is 2.19. The number of halogens is 1. The normalized spacial score (nSPS) is 16.2. The summed E-state index contributed by atoms with van der Waals surface area (Å²) in [6.45, 7) is 3.04. The van der Waals surface area contributed by atoms with Crippen molar-refractivity contribution in [3.63, 3.8) is 0 Å². The molecule has 0 saturated carbocycles. The van der Waals surface area contributed by atoms with Gasteiger partial charge in [-0.05, 0) is 42.2 Å². The standard InChI is InChI=1S/C21H23BrN2O/c22-19-8-4-7-17(15-19)9-10-21(25)23-20-11-13-24(14-12-20)16-18-5-2-1-3-6-18/h1-10,15,20H,11-14,16H2,(H,23,25). The Balaban J connectivity index is 1.43. The molecule has 2 aromatic carbocycles. The van der Waals surface area contributed by atoms with Crippen molar-refractivity contribution in [2.24, 2.45) is 0 Å². The molecule has 1 N–H and O–H groups in total. The molecule has 0 aliphatic carbocycles. The molecule has 130 valence electrons. The number of hydrogen-bond donors (Lipinski definition) is 1. The Morgan fingerprint density at radius 1 is 1.12 bits per heavy atom. The van der Waals surface area contributed by atoms with Crippen LogP contribution in [0.2, 0.25) is 0 Å². The van der Waals surface area contributed by atoms with Crippen molar-refractivity contribution in [3.05, 3.63) is 76.3 Å². The van der Waals surface area contributed by atoms with Crippen LogP contribution in [0.25, 0.3) is 6.08 Å². The third kappa shape index (κ3) is 5.83. The quantitative estimate of drug-likeness (QED) is 0.763. The number of carbonyl (C=O) groups is 1. The van der Waals surface area contributed by atoms with Gasteiger partial charge in [-0.2, -0.15) is 0 Å². The molecule has 1 heterocycles. The van der Waals surface area contributed by atoms with Gasteiger partial charge in [0.1, 0.15) is 0 Å². The lowest BCUT2D eigenvalue weighted by Gasteiger charge is -2.32. The summed E-state index contributed by atoms with van der Waals surface area (Å²) in [5.74, 6) is -0.0125. The van der Waals surface area contributed by atoms with Crippen LogP contribution in [-0.4, -0.2) is 29.9 Å². The lowest BCUT2D eigenvalue weighted by atomic mass is 10.0. The van der Waals surface area contributed by atoms with Crippen LogP contribution >= 0.6 is 15.9 Å². The highest BCUT2D eigenvalue weighted by Crippen LogP contribution is 2.15. The molecule has 2 aromatic rings. The van der Waals surface area contributed by atoms with Gasteiger partial charge >= 0.3 is 0 Å². The van der Waals surface area contributed by atoms with Crippen LogP contribution in [0.15, 0.2) is 65.1 Å². The number of hydrogen-bond acceptors (Lipinski definition) is 2. The first-order valence-electron chi connectivity index (χ1n) is 8.69. The zero-order valence-corrected chi connectivity index (χ0v) is 15.8. The maximum absolute atomic E-state index is 12.1. The highest BCUT2D eigenvalue weighted by molar-refractivity contribution is 9.10. The fourth-order valence-corrected chi connectivity index (χ4v) is 3.53. The van der Waals surface area contributed by atoms with Gasteiger partial charge in [-0.1, -0.05) is 58.4 Å². The molecule has 1 saturated heterocycles. The summed E-state index contributed by atoms with van der Waals surface area (Å²) in [4.78, 5) is 14.6. The largest absolute Gasteiger partial charge is 0.350 e. The number of piperidine rings is 1. The van der Waals surface area contributed by atoms with Crippen LogP contribution < -0.4 is 5.32 Å². The van der Waals surface area contributed by atoms with E-state index in [9.17, 15) is 4.79 Å². The molecule has 0 spiro atoms. The minimum Gasteiger partial charge on any atom is -0.350 e. The Morgan fingerprint density at radius 2 is 1.88 bits per heavy atom. The van der Waals surface area contributed by atoms with Gasteiger partial charge in [-0.3, -0.25) is 9.69 Å². The van der Waals surface area contributed by atoms with Crippen molar-refractivity contribution in [3.8, 4) is 0 Å². The van der Waals surface area contributed by atoms with Gasteiger partial charge in [0.25, 0.3) is 0 Å². The second-order valence-corrected chi connectivity index (χ2v) is 7.35. The number of rotatable bonds is 5. The zero-order chi connectivity index (χ0) is 17.5. The van der Waals surface area contributed by atoms with Crippen molar-refractivity contribution in [2.45, 2.75) is 25.4 Å². The van der Waals surface area contributed by atoms with Gasteiger partial charge in [0.2, 0.25) is 5.91 Å². The van der Waals surface area contributed by atoms with E-state index in [1.165, 1.54) is 5.56 Å². The van der Waals surface area contributed by atoms with Crippen molar-refractivity contribution in [2.75, 3.05) is 13.1 Å². The molecule has 3 rings (SSSR count). The Labute approximate surface area is 157 Å². The molecule has 0 bridgehead atoms. The van der Waals surface area contributed by atoms with E-state index in [1.807, 2.05) is 36.4 Å². The summed E-state index contributed by atoms with van der Waals surface area (Å²) >= 11 is 3.44. The summed E-state index contributed by atoms with van der Waals surface area (Å²) in [7, 11) is 0. The van der Waals surface area contributed by atoms with Crippen LogP contribution in [-0.2, 0) is 11.3 Å². The molecule has 1 aliphatic heterocycles. The summed E-state index contributed by atoms with van der Waals surface area (Å²) in [6, 6.07) is 18.7. The molecule has 1 amide bonds. The van der Waals surface area contributed by atoms with Gasteiger partial charge in [0, 0.05) is 36.2 Å². The Hall–Kier alpha value is -1.91. The first-order valence-corrected chi connectivity index (χ1v) is 9.49. The molecule has 4 heteroatoms. The van der Waals surface area contributed by atoms with Crippen molar-refractivity contribution >= 4 is 27.9 Å². The summed E-state index contributed by atoms with van der Waals surface area (Å²) < 4.78 is 1.01. The van der Waals surface area contributed by atoms with Crippen molar-refractivity contribution in [1.29, 1.82) is 0 Å². The number of nitrogens with zero attached hydrogens (tertiary/aromatic N) is 1. The van der Waals surface area contributed by atoms with E-state index in [4.69, 9.17) is 0 Å². The molecular weight excluding hydrogens is 376 g/mol. The Bertz CT molecular complexity index is 722. The number of amides is 1. The second-order valence-electron chi connectivity index (χ2n) is 6.43. The van der Waals surface area contributed by atoms with E-state index in [1.54, 1.807) is 6.08 Å². The topological polar surface area (TPSA) is 32.3 Å². The van der Waals surface area contributed by atoms with E-state index in [0.29, 0.717) is 0 Å². The van der Waals surface area contributed by atoms with Gasteiger partial charge in [0.05, 0.1) is 0 Å². The highest BCUT2D eigenvalue weighted by atomic mass is 79.9. The fourth-order valence-electron chi connectivity index (χ4n) is 3.11. The maximum Gasteiger partial charge on any atom is 0.244 e. The smallest absolute Gasteiger partial charge is 0.244 e. The van der Waals surface area contributed by atoms with E-state index in [-0.39, 0.29) is 11.9 Å². The summed E-state index contributed by atoms with van der Waals surface area (Å²) in [5, 5.41) is 3.12. The number of benzene rings is 2.